The summed E-state index contributed by atoms with van der Waals surface area (Å²) in [5, 5.41) is 13.1. The van der Waals surface area contributed by atoms with Crippen molar-refractivity contribution in [1.29, 1.82) is 0 Å². The van der Waals surface area contributed by atoms with Gasteiger partial charge in [0, 0.05) is 23.7 Å². The molecule has 0 atom stereocenters. The molecule has 0 aliphatic rings. The molecule has 0 aliphatic carbocycles. The summed E-state index contributed by atoms with van der Waals surface area (Å²) in [6.07, 6.45) is 1.89. The number of hydrogen-bond acceptors (Lipinski definition) is 4. The van der Waals surface area contributed by atoms with Gasteiger partial charge in [-0.3, -0.25) is 0 Å². The summed E-state index contributed by atoms with van der Waals surface area (Å²) < 4.78 is 10.6. The average Bonchev–Trinajstić information content (AvgIpc) is 2.49. The second-order valence-corrected chi connectivity index (χ2v) is 5.24. The van der Waals surface area contributed by atoms with Crippen LogP contribution in [0.1, 0.15) is 32.3 Å². The highest BCUT2D eigenvalue weighted by Crippen LogP contribution is 2.34. The van der Waals surface area contributed by atoms with E-state index < -0.39 is 0 Å². The molecule has 0 bridgehead atoms. The maximum Gasteiger partial charge on any atom is 0.162 e. The van der Waals surface area contributed by atoms with E-state index in [1.54, 1.807) is 14.2 Å². The summed E-state index contributed by atoms with van der Waals surface area (Å²) in [5.74, 6) is 1.44. The van der Waals surface area contributed by atoms with Crippen molar-refractivity contribution in [1.82, 2.24) is 0 Å². The molecule has 0 saturated carbocycles. The van der Waals surface area contributed by atoms with Crippen molar-refractivity contribution >= 4 is 5.69 Å². The Bertz CT molecular complexity index is 420. The Morgan fingerprint density at radius 2 is 1.65 bits per heavy atom. The molecule has 0 aromatic heterocycles. The van der Waals surface area contributed by atoms with Crippen molar-refractivity contribution in [3.05, 3.63) is 17.7 Å². The van der Waals surface area contributed by atoms with E-state index in [4.69, 9.17) is 9.47 Å². The van der Waals surface area contributed by atoms with Crippen molar-refractivity contribution < 1.29 is 14.6 Å². The van der Waals surface area contributed by atoms with Gasteiger partial charge in [0.15, 0.2) is 11.5 Å². The number of ether oxygens (including phenoxy) is 2. The van der Waals surface area contributed by atoms with Crippen LogP contribution in [0.2, 0.25) is 0 Å². The minimum Gasteiger partial charge on any atom is -0.493 e. The maximum absolute atomic E-state index is 9.62. The van der Waals surface area contributed by atoms with Gasteiger partial charge in [-0.15, -0.1) is 0 Å². The molecular formula is C16H27NO3. The van der Waals surface area contributed by atoms with Crippen LogP contribution >= 0.6 is 0 Å². The van der Waals surface area contributed by atoms with Gasteiger partial charge < -0.3 is 19.9 Å². The molecule has 0 aliphatic heterocycles. The molecule has 114 valence electrons. The first-order chi connectivity index (χ1) is 9.55. The Hall–Kier alpha value is -1.42. The molecule has 0 amide bonds. The number of hydrogen-bond donors (Lipinski definition) is 2. The topological polar surface area (TPSA) is 50.7 Å². The predicted molar refractivity (Wildman–Crippen MR) is 82.9 cm³/mol. The standard InChI is InChI=1S/C16H27NO3/c1-6-16(7-2,11-18)10-17-13-9-15(20-5)14(19-4)8-12(13)3/h8-9,17-18H,6-7,10-11H2,1-5H3. The summed E-state index contributed by atoms with van der Waals surface area (Å²) in [6.45, 7) is 7.20. The third-order valence-electron chi connectivity index (χ3n) is 4.22. The van der Waals surface area contributed by atoms with Crippen molar-refractivity contribution in [2.75, 3.05) is 32.7 Å². The zero-order valence-electron chi connectivity index (χ0n) is 13.2. The second-order valence-electron chi connectivity index (χ2n) is 5.24. The highest BCUT2D eigenvalue weighted by atomic mass is 16.5. The van der Waals surface area contributed by atoms with E-state index in [-0.39, 0.29) is 12.0 Å². The number of nitrogens with one attached hydrogen (secondary N) is 1. The van der Waals surface area contributed by atoms with Gasteiger partial charge in [0.25, 0.3) is 0 Å². The number of aryl methyl sites for hydroxylation is 1. The fourth-order valence-electron chi connectivity index (χ4n) is 2.23. The lowest BCUT2D eigenvalue weighted by Gasteiger charge is -2.30. The van der Waals surface area contributed by atoms with Gasteiger partial charge in [-0.2, -0.15) is 0 Å². The first-order valence-electron chi connectivity index (χ1n) is 7.13. The van der Waals surface area contributed by atoms with Gasteiger partial charge in [-0.1, -0.05) is 13.8 Å². The Morgan fingerprint density at radius 1 is 1.10 bits per heavy atom. The zero-order chi connectivity index (χ0) is 15.2. The second kappa shape index (κ2) is 7.39. The number of rotatable bonds is 8. The Labute approximate surface area is 122 Å². The van der Waals surface area contributed by atoms with Crippen LogP contribution in [0.25, 0.3) is 0 Å². The average molecular weight is 281 g/mol. The van der Waals surface area contributed by atoms with E-state index in [1.165, 1.54) is 0 Å². The van der Waals surface area contributed by atoms with Crippen LogP contribution in [0.4, 0.5) is 5.69 Å². The first kappa shape index (κ1) is 16.6. The number of methoxy groups -OCH3 is 2. The van der Waals surface area contributed by atoms with Crippen LogP contribution in [-0.2, 0) is 0 Å². The predicted octanol–water partition coefficient (Wildman–Crippen LogP) is 3.22. The molecule has 2 N–H and O–H groups in total. The van der Waals surface area contributed by atoms with Crippen molar-refractivity contribution in [2.24, 2.45) is 5.41 Å². The van der Waals surface area contributed by atoms with Crippen molar-refractivity contribution in [3.8, 4) is 11.5 Å². The van der Waals surface area contributed by atoms with Crippen LogP contribution < -0.4 is 14.8 Å². The largest absolute Gasteiger partial charge is 0.493 e. The summed E-state index contributed by atoms with van der Waals surface area (Å²) in [5.41, 5.74) is 2.05. The smallest absolute Gasteiger partial charge is 0.162 e. The van der Waals surface area contributed by atoms with Crippen LogP contribution in [0.3, 0.4) is 0 Å². The number of anilines is 1. The lowest BCUT2D eigenvalue weighted by Crippen LogP contribution is -2.32. The Balaban J connectivity index is 2.92. The molecule has 4 nitrogen and oxygen atoms in total. The van der Waals surface area contributed by atoms with E-state index in [9.17, 15) is 5.11 Å². The molecular weight excluding hydrogens is 254 g/mol. The van der Waals surface area contributed by atoms with E-state index >= 15 is 0 Å². The first-order valence-corrected chi connectivity index (χ1v) is 7.13. The number of aliphatic hydroxyl groups excluding tert-OH is 1. The molecule has 0 radical (unpaired) electrons. The molecule has 1 aromatic carbocycles. The lowest BCUT2D eigenvalue weighted by molar-refractivity contribution is 0.127. The SMILES string of the molecule is CCC(CC)(CO)CNc1cc(OC)c(OC)cc1C. The molecule has 0 fully saturated rings. The molecule has 0 spiro atoms. The molecule has 0 unspecified atom stereocenters. The fourth-order valence-corrected chi connectivity index (χ4v) is 2.23. The molecule has 1 aromatic rings. The summed E-state index contributed by atoms with van der Waals surface area (Å²) in [4.78, 5) is 0. The van der Waals surface area contributed by atoms with E-state index in [0.29, 0.717) is 5.75 Å². The quantitative estimate of drug-likeness (QED) is 0.768. The van der Waals surface area contributed by atoms with E-state index in [2.05, 4.69) is 19.2 Å². The van der Waals surface area contributed by atoms with E-state index in [0.717, 1.165) is 36.4 Å². The zero-order valence-corrected chi connectivity index (χ0v) is 13.2. The maximum atomic E-state index is 9.62. The summed E-state index contributed by atoms with van der Waals surface area (Å²) in [7, 11) is 3.27. The van der Waals surface area contributed by atoms with Gasteiger partial charge in [0.1, 0.15) is 0 Å². The molecule has 0 saturated heterocycles. The summed E-state index contributed by atoms with van der Waals surface area (Å²) >= 11 is 0. The number of benzene rings is 1. The minimum atomic E-state index is -0.0698. The molecule has 0 heterocycles. The summed E-state index contributed by atoms with van der Waals surface area (Å²) in [6, 6.07) is 3.90. The van der Waals surface area contributed by atoms with E-state index in [1.807, 2.05) is 19.1 Å². The van der Waals surface area contributed by atoms with Crippen LogP contribution in [0.5, 0.6) is 11.5 Å². The monoisotopic (exact) mass is 281 g/mol. The van der Waals surface area contributed by atoms with Crippen LogP contribution in [0, 0.1) is 12.3 Å². The van der Waals surface area contributed by atoms with Gasteiger partial charge >= 0.3 is 0 Å². The third kappa shape index (κ3) is 3.57. The van der Waals surface area contributed by atoms with Gasteiger partial charge in [0.05, 0.1) is 20.8 Å². The van der Waals surface area contributed by atoms with Gasteiger partial charge in [0.2, 0.25) is 0 Å². The van der Waals surface area contributed by atoms with Crippen LogP contribution in [0.15, 0.2) is 12.1 Å². The third-order valence-corrected chi connectivity index (χ3v) is 4.22. The Morgan fingerprint density at radius 3 is 2.10 bits per heavy atom. The van der Waals surface area contributed by atoms with Gasteiger partial charge in [-0.05, 0) is 31.4 Å². The highest BCUT2D eigenvalue weighted by Gasteiger charge is 2.25. The highest BCUT2D eigenvalue weighted by molar-refractivity contribution is 5.60. The molecule has 20 heavy (non-hydrogen) atoms. The van der Waals surface area contributed by atoms with Crippen molar-refractivity contribution in [3.63, 3.8) is 0 Å². The Kier molecular flexibility index (Phi) is 6.14. The fraction of sp³-hybridized carbons (Fsp3) is 0.625. The minimum absolute atomic E-state index is 0.0698. The molecule has 4 heteroatoms. The number of aliphatic hydroxyl groups is 1. The molecule has 1 rings (SSSR count). The van der Waals surface area contributed by atoms with Crippen LogP contribution in [-0.4, -0.2) is 32.5 Å². The normalized spacial score (nSPS) is 11.3. The van der Waals surface area contributed by atoms with Gasteiger partial charge in [-0.25, -0.2) is 0 Å². The lowest BCUT2D eigenvalue weighted by atomic mass is 9.83. The van der Waals surface area contributed by atoms with Crippen molar-refractivity contribution in [2.45, 2.75) is 33.6 Å².